The van der Waals surface area contributed by atoms with Gasteiger partial charge in [0.05, 0.1) is 13.2 Å². The predicted octanol–water partition coefficient (Wildman–Crippen LogP) is 2.29. The number of para-hydroxylation sites is 1. The van der Waals surface area contributed by atoms with Crippen molar-refractivity contribution >= 4 is 24.2 Å². The highest BCUT2D eigenvalue weighted by Crippen LogP contribution is 2.30. The Morgan fingerprint density at radius 1 is 1.27 bits per heavy atom. The van der Waals surface area contributed by atoms with Crippen molar-refractivity contribution in [2.45, 2.75) is 38.6 Å². The minimum Gasteiger partial charge on any atom is -0.496 e. The number of unbranched alkanes of at least 4 members (excludes halogenated alkanes) is 2. The number of rotatable bonds is 8. The number of benzene rings is 1. The summed E-state index contributed by atoms with van der Waals surface area (Å²) in [5.74, 6) is 1.01. The van der Waals surface area contributed by atoms with E-state index in [1.165, 1.54) is 6.92 Å². The third-order valence-electron chi connectivity index (χ3n) is 4.50. The van der Waals surface area contributed by atoms with Gasteiger partial charge < -0.3 is 20.3 Å². The van der Waals surface area contributed by atoms with Gasteiger partial charge in [0.2, 0.25) is 11.8 Å². The molecule has 1 aromatic carbocycles. The van der Waals surface area contributed by atoms with Crippen LogP contribution in [-0.4, -0.2) is 50.0 Å². The van der Waals surface area contributed by atoms with Crippen LogP contribution in [-0.2, 0) is 9.59 Å². The van der Waals surface area contributed by atoms with Gasteiger partial charge in [0, 0.05) is 45.1 Å². The molecule has 0 aromatic heterocycles. The zero-order valence-electron chi connectivity index (χ0n) is 15.6. The second-order valence-electron chi connectivity index (χ2n) is 6.34. The Morgan fingerprint density at radius 3 is 2.77 bits per heavy atom. The van der Waals surface area contributed by atoms with E-state index >= 15 is 0 Å². The van der Waals surface area contributed by atoms with Gasteiger partial charge in [-0.2, -0.15) is 0 Å². The average molecular weight is 384 g/mol. The minimum atomic E-state index is -0.00320. The number of carbonyl (C=O) groups is 2. The van der Waals surface area contributed by atoms with E-state index in [0.717, 1.165) is 43.7 Å². The van der Waals surface area contributed by atoms with Crippen LogP contribution in [0.2, 0.25) is 0 Å². The maximum atomic E-state index is 12.7. The summed E-state index contributed by atoms with van der Waals surface area (Å²) < 4.78 is 5.47. The Balaban J connectivity index is 0.00000338. The van der Waals surface area contributed by atoms with Crippen LogP contribution in [0.1, 0.15) is 44.2 Å². The van der Waals surface area contributed by atoms with E-state index in [2.05, 4.69) is 10.6 Å². The highest BCUT2D eigenvalue weighted by atomic mass is 35.5. The summed E-state index contributed by atoms with van der Waals surface area (Å²) in [5, 5.41) is 6.16. The maximum absolute atomic E-state index is 12.7. The Hall–Kier alpha value is -1.79. The van der Waals surface area contributed by atoms with E-state index < -0.39 is 0 Å². The molecule has 7 heteroatoms. The molecule has 1 aliphatic rings. The molecule has 0 bridgehead atoms. The highest BCUT2D eigenvalue weighted by molar-refractivity contribution is 5.85. The number of piperazine rings is 1. The lowest BCUT2D eigenvalue weighted by molar-refractivity contribution is -0.134. The first-order valence-corrected chi connectivity index (χ1v) is 9.01. The molecule has 6 nitrogen and oxygen atoms in total. The van der Waals surface area contributed by atoms with E-state index in [0.29, 0.717) is 19.5 Å². The smallest absolute Gasteiger partial charge is 0.223 e. The average Bonchev–Trinajstić information content (AvgIpc) is 2.64. The number of halogens is 1. The molecule has 1 fully saturated rings. The first kappa shape index (κ1) is 22.3. The van der Waals surface area contributed by atoms with Gasteiger partial charge in [0.1, 0.15) is 5.75 Å². The van der Waals surface area contributed by atoms with Gasteiger partial charge >= 0.3 is 0 Å². The fourth-order valence-corrected chi connectivity index (χ4v) is 3.21. The lowest BCUT2D eigenvalue weighted by atomic mass is 10.0. The van der Waals surface area contributed by atoms with Crippen molar-refractivity contribution in [1.82, 2.24) is 15.5 Å². The van der Waals surface area contributed by atoms with E-state index in [1.807, 2.05) is 29.2 Å². The van der Waals surface area contributed by atoms with Crippen molar-refractivity contribution in [2.75, 3.05) is 33.3 Å². The SMILES string of the molecule is COc1ccccc1C1CNCCN1C(=O)CCCCCNC(C)=O.Cl. The van der Waals surface area contributed by atoms with Crippen molar-refractivity contribution in [3.05, 3.63) is 29.8 Å². The normalized spacial score (nSPS) is 16.5. The van der Waals surface area contributed by atoms with Crippen molar-refractivity contribution < 1.29 is 14.3 Å². The van der Waals surface area contributed by atoms with Gasteiger partial charge in [0.15, 0.2) is 0 Å². The molecule has 0 radical (unpaired) electrons. The van der Waals surface area contributed by atoms with Gasteiger partial charge in [-0.3, -0.25) is 9.59 Å². The molecule has 0 spiro atoms. The molecular formula is C19H30ClN3O3. The van der Waals surface area contributed by atoms with Crippen LogP contribution >= 0.6 is 12.4 Å². The van der Waals surface area contributed by atoms with Gasteiger partial charge in [-0.25, -0.2) is 0 Å². The molecule has 146 valence electrons. The Labute approximate surface area is 162 Å². The topological polar surface area (TPSA) is 70.7 Å². The first-order valence-electron chi connectivity index (χ1n) is 9.01. The van der Waals surface area contributed by atoms with Crippen LogP contribution in [0.3, 0.4) is 0 Å². The van der Waals surface area contributed by atoms with Crippen LogP contribution in [0.5, 0.6) is 5.75 Å². The fraction of sp³-hybridized carbons (Fsp3) is 0.579. The lowest BCUT2D eigenvalue weighted by Gasteiger charge is -2.37. The number of carbonyl (C=O) groups excluding carboxylic acids is 2. The van der Waals surface area contributed by atoms with Crippen LogP contribution in [0.25, 0.3) is 0 Å². The van der Waals surface area contributed by atoms with Crippen LogP contribution < -0.4 is 15.4 Å². The van der Waals surface area contributed by atoms with Gasteiger partial charge in [-0.1, -0.05) is 24.6 Å². The number of nitrogens with zero attached hydrogens (tertiary/aromatic N) is 1. The lowest BCUT2D eigenvalue weighted by Crippen LogP contribution is -2.48. The zero-order chi connectivity index (χ0) is 18.1. The summed E-state index contributed by atoms with van der Waals surface area (Å²) in [6.45, 7) is 4.48. The number of amides is 2. The molecule has 1 atom stereocenters. The standard InChI is InChI=1S/C19H29N3O3.ClH/c1-15(23)21-11-7-3-4-10-19(24)22-13-12-20-14-17(22)16-8-5-6-9-18(16)25-2;/h5-6,8-9,17,20H,3-4,7,10-14H2,1-2H3,(H,21,23);1H. The Kier molecular flexibility index (Phi) is 10.1. The summed E-state index contributed by atoms with van der Waals surface area (Å²) in [6.07, 6.45) is 3.24. The Bertz CT molecular complexity index is 583. The number of methoxy groups -OCH3 is 1. The summed E-state index contributed by atoms with van der Waals surface area (Å²) in [4.78, 5) is 25.5. The minimum absolute atomic E-state index is 0. The highest BCUT2D eigenvalue weighted by Gasteiger charge is 2.29. The molecular weight excluding hydrogens is 354 g/mol. The molecule has 2 amide bonds. The zero-order valence-corrected chi connectivity index (χ0v) is 16.4. The number of ether oxygens (including phenoxy) is 1. The molecule has 2 N–H and O–H groups in total. The fourth-order valence-electron chi connectivity index (χ4n) is 3.21. The van der Waals surface area contributed by atoms with Gasteiger partial charge in [-0.05, 0) is 18.9 Å². The first-order chi connectivity index (χ1) is 12.1. The van der Waals surface area contributed by atoms with Crippen molar-refractivity contribution in [3.63, 3.8) is 0 Å². The third-order valence-corrected chi connectivity index (χ3v) is 4.50. The predicted molar refractivity (Wildman–Crippen MR) is 105 cm³/mol. The molecule has 0 aliphatic carbocycles. The van der Waals surface area contributed by atoms with E-state index in [4.69, 9.17) is 4.74 Å². The van der Waals surface area contributed by atoms with Crippen molar-refractivity contribution in [3.8, 4) is 5.75 Å². The summed E-state index contributed by atoms with van der Waals surface area (Å²) in [6, 6.07) is 7.91. The summed E-state index contributed by atoms with van der Waals surface area (Å²) in [7, 11) is 1.66. The number of hydrogen-bond donors (Lipinski definition) is 2. The summed E-state index contributed by atoms with van der Waals surface area (Å²) >= 11 is 0. The van der Waals surface area contributed by atoms with Crippen LogP contribution in [0.4, 0.5) is 0 Å². The second-order valence-corrected chi connectivity index (χ2v) is 6.34. The Morgan fingerprint density at radius 2 is 2.04 bits per heavy atom. The quantitative estimate of drug-likeness (QED) is 0.676. The molecule has 2 rings (SSSR count). The molecule has 0 saturated carbocycles. The van der Waals surface area contributed by atoms with Gasteiger partial charge in [0.25, 0.3) is 0 Å². The monoisotopic (exact) mass is 383 g/mol. The molecule has 26 heavy (non-hydrogen) atoms. The van der Waals surface area contributed by atoms with E-state index in [9.17, 15) is 9.59 Å². The number of nitrogens with one attached hydrogen (secondary N) is 2. The molecule has 1 heterocycles. The summed E-state index contributed by atoms with van der Waals surface area (Å²) in [5.41, 5.74) is 1.05. The molecule has 1 saturated heterocycles. The van der Waals surface area contributed by atoms with E-state index in [1.54, 1.807) is 7.11 Å². The van der Waals surface area contributed by atoms with Crippen LogP contribution in [0.15, 0.2) is 24.3 Å². The maximum Gasteiger partial charge on any atom is 0.223 e. The molecule has 1 unspecified atom stereocenters. The second kappa shape index (κ2) is 11.8. The van der Waals surface area contributed by atoms with Gasteiger partial charge in [-0.15, -0.1) is 12.4 Å². The van der Waals surface area contributed by atoms with Crippen LogP contribution in [0, 0.1) is 0 Å². The van der Waals surface area contributed by atoms with Crippen molar-refractivity contribution in [2.24, 2.45) is 0 Å². The molecule has 1 aromatic rings. The van der Waals surface area contributed by atoms with Crippen molar-refractivity contribution in [1.29, 1.82) is 0 Å². The van der Waals surface area contributed by atoms with E-state index in [-0.39, 0.29) is 30.3 Å². The molecule has 1 aliphatic heterocycles. The third kappa shape index (κ3) is 6.50. The largest absolute Gasteiger partial charge is 0.496 e. The number of hydrogen-bond acceptors (Lipinski definition) is 4.